The van der Waals surface area contributed by atoms with Crippen LogP contribution in [0, 0.1) is 0 Å². The molecule has 9 aromatic carbocycles. The zero-order valence-corrected chi connectivity index (χ0v) is 32.3. The predicted molar refractivity (Wildman–Crippen MR) is 243 cm³/mol. The average Bonchev–Trinajstić information content (AvgIpc) is 3.88. The van der Waals surface area contributed by atoms with E-state index in [0.29, 0.717) is 0 Å². The van der Waals surface area contributed by atoms with E-state index in [-0.39, 0.29) is 5.41 Å². The second-order valence-corrected chi connectivity index (χ2v) is 16.1. The van der Waals surface area contributed by atoms with Crippen molar-refractivity contribution in [3.63, 3.8) is 0 Å². The summed E-state index contributed by atoms with van der Waals surface area (Å²) in [5.74, 6) is 0. The van der Waals surface area contributed by atoms with Gasteiger partial charge in [-0.2, -0.15) is 0 Å². The summed E-state index contributed by atoms with van der Waals surface area (Å²) in [5, 5.41) is 7.09. The predicted octanol–water partition coefficient (Wildman–Crippen LogP) is 15.3. The quantitative estimate of drug-likeness (QED) is 0.175. The molecule has 1 aliphatic carbocycles. The van der Waals surface area contributed by atoms with Crippen LogP contribution in [-0.4, -0.2) is 4.57 Å². The molecule has 58 heavy (non-hydrogen) atoms. The Hall–Kier alpha value is -7.36. The third kappa shape index (κ3) is 4.68. The van der Waals surface area contributed by atoms with E-state index in [9.17, 15) is 0 Å². The number of hydrogen-bond donors (Lipinski definition) is 0. The van der Waals surface area contributed by atoms with Crippen molar-refractivity contribution in [2.45, 2.75) is 19.3 Å². The van der Waals surface area contributed by atoms with Gasteiger partial charge in [0.2, 0.25) is 0 Å². The van der Waals surface area contributed by atoms with Crippen LogP contribution in [0.4, 0.5) is 17.1 Å². The summed E-state index contributed by atoms with van der Waals surface area (Å²) in [7, 11) is 0. The number of fused-ring (bicyclic) bond motifs is 10. The molecule has 0 saturated carbocycles. The molecule has 3 heteroatoms. The highest BCUT2D eigenvalue weighted by Crippen LogP contribution is 2.52. The van der Waals surface area contributed by atoms with Gasteiger partial charge in [0.25, 0.3) is 0 Å². The minimum atomic E-state index is -0.164. The Labute approximate surface area is 336 Å². The van der Waals surface area contributed by atoms with Crippen LogP contribution >= 0.6 is 0 Å². The number of para-hydroxylation sites is 6. The molecule has 2 aromatic heterocycles. The van der Waals surface area contributed by atoms with Gasteiger partial charge in [-0.15, -0.1) is 0 Å². The summed E-state index contributed by atoms with van der Waals surface area (Å²) >= 11 is 0. The molecule has 0 saturated heterocycles. The van der Waals surface area contributed by atoms with Crippen molar-refractivity contribution in [3.05, 3.63) is 205 Å². The Bertz CT molecular complexity index is 3400. The molecule has 0 fully saturated rings. The lowest BCUT2D eigenvalue weighted by molar-refractivity contribution is 0.660. The van der Waals surface area contributed by atoms with Crippen molar-refractivity contribution in [1.29, 1.82) is 0 Å². The Kier molecular flexibility index (Phi) is 6.98. The molecule has 0 radical (unpaired) electrons. The van der Waals surface area contributed by atoms with E-state index in [1.807, 2.05) is 0 Å². The van der Waals surface area contributed by atoms with E-state index < -0.39 is 0 Å². The standard InChI is InChI=1S/C55H38N2O/c1-55(2)46-24-9-5-18-38(46)39-31-30-37(34-47(39)55)56(51-28-13-14-29-52(51)57-49-26-11-6-19-40(49)41-20-7-12-27-50(41)57)48-25-10-8-21-42(48)43-22-15-23-44-45-32-35-16-3-4-17-36(35)33-53(45)58-54(43)44/h3-34H,1-2H3. The summed E-state index contributed by atoms with van der Waals surface area (Å²) in [6.45, 7) is 4.72. The molecule has 0 atom stereocenters. The first kappa shape index (κ1) is 32.8. The van der Waals surface area contributed by atoms with E-state index in [1.54, 1.807) is 0 Å². The molecule has 12 rings (SSSR count). The van der Waals surface area contributed by atoms with Gasteiger partial charge < -0.3 is 13.9 Å². The Balaban J connectivity index is 1.14. The maximum atomic E-state index is 6.87. The monoisotopic (exact) mass is 742 g/mol. The van der Waals surface area contributed by atoms with Crippen molar-refractivity contribution in [2.75, 3.05) is 4.90 Å². The molecule has 0 N–H and O–H groups in total. The molecular weight excluding hydrogens is 705 g/mol. The zero-order chi connectivity index (χ0) is 38.5. The third-order valence-electron chi connectivity index (χ3n) is 12.6. The smallest absolute Gasteiger partial charge is 0.143 e. The lowest BCUT2D eigenvalue weighted by Crippen LogP contribution is -2.17. The summed E-state index contributed by atoms with van der Waals surface area (Å²) in [5.41, 5.74) is 15.8. The summed E-state index contributed by atoms with van der Waals surface area (Å²) in [6.07, 6.45) is 0. The highest BCUT2D eigenvalue weighted by atomic mass is 16.3. The second-order valence-electron chi connectivity index (χ2n) is 16.1. The van der Waals surface area contributed by atoms with E-state index in [4.69, 9.17) is 4.42 Å². The van der Waals surface area contributed by atoms with Crippen LogP contribution in [0.1, 0.15) is 25.0 Å². The number of anilines is 3. The summed E-state index contributed by atoms with van der Waals surface area (Å²) in [6, 6.07) is 70.7. The molecule has 2 heterocycles. The Morgan fingerprint density at radius 2 is 1.02 bits per heavy atom. The van der Waals surface area contributed by atoms with Gasteiger partial charge in [0.05, 0.1) is 28.1 Å². The molecular formula is C55H38N2O. The Morgan fingerprint density at radius 3 is 1.81 bits per heavy atom. The van der Waals surface area contributed by atoms with Gasteiger partial charge in [0, 0.05) is 43.8 Å². The van der Waals surface area contributed by atoms with Gasteiger partial charge in [-0.3, -0.25) is 0 Å². The first-order valence-electron chi connectivity index (χ1n) is 20.1. The van der Waals surface area contributed by atoms with E-state index >= 15 is 0 Å². The van der Waals surface area contributed by atoms with Crippen LogP contribution in [0.25, 0.3) is 82.5 Å². The van der Waals surface area contributed by atoms with Crippen molar-refractivity contribution < 1.29 is 4.42 Å². The molecule has 0 aliphatic heterocycles. The fourth-order valence-electron chi connectivity index (χ4n) is 9.86. The fourth-order valence-corrected chi connectivity index (χ4v) is 9.86. The van der Waals surface area contributed by atoms with Gasteiger partial charge in [-0.25, -0.2) is 0 Å². The van der Waals surface area contributed by atoms with Crippen LogP contribution in [0.15, 0.2) is 199 Å². The van der Waals surface area contributed by atoms with Crippen LogP contribution in [0.3, 0.4) is 0 Å². The van der Waals surface area contributed by atoms with Crippen molar-refractivity contribution in [2.24, 2.45) is 0 Å². The van der Waals surface area contributed by atoms with Gasteiger partial charge >= 0.3 is 0 Å². The molecule has 3 nitrogen and oxygen atoms in total. The number of hydrogen-bond acceptors (Lipinski definition) is 2. The van der Waals surface area contributed by atoms with Crippen LogP contribution in [-0.2, 0) is 5.41 Å². The Morgan fingerprint density at radius 1 is 0.431 bits per heavy atom. The summed E-state index contributed by atoms with van der Waals surface area (Å²) < 4.78 is 9.31. The van der Waals surface area contributed by atoms with E-state index in [1.165, 1.54) is 54.8 Å². The SMILES string of the molecule is CC1(C)c2ccccc2-c2ccc(N(c3ccccc3-c3cccc4c3oc3cc5ccccc5cc34)c3ccccc3-n3c4ccccc4c4ccccc43)cc21. The van der Waals surface area contributed by atoms with Gasteiger partial charge in [-0.05, 0) is 87.6 Å². The van der Waals surface area contributed by atoms with Gasteiger partial charge in [0.15, 0.2) is 0 Å². The maximum absolute atomic E-state index is 6.87. The average molecular weight is 743 g/mol. The third-order valence-corrected chi connectivity index (χ3v) is 12.6. The fraction of sp³-hybridized carbons (Fsp3) is 0.0545. The minimum Gasteiger partial charge on any atom is -0.455 e. The van der Waals surface area contributed by atoms with E-state index in [2.05, 4.69) is 217 Å². The molecule has 1 aliphatic rings. The van der Waals surface area contributed by atoms with Crippen LogP contribution in [0.5, 0.6) is 0 Å². The topological polar surface area (TPSA) is 21.3 Å². The van der Waals surface area contributed by atoms with Crippen molar-refractivity contribution in [1.82, 2.24) is 4.57 Å². The normalized spacial score (nSPS) is 13.1. The number of furan rings is 1. The first-order valence-corrected chi connectivity index (χ1v) is 20.1. The van der Waals surface area contributed by atoms with Gasteiger partial charge in [0.1, 0.15) is 11.2 Å². The minimum absolute atomic E-state index is 0.164. The maximum Gasteiger partial charge on any atom is 0.143 e. The number of aromatic nitrogens is 1. The van der Waals surface area contributed by atoms with Gasteiger partial charge in [-0.1, -0.05) is 153 Å². The summed E-state index contributed by atoms with van der Waals surface area (Å²) in [4.78, 5) is 2.48. The lowest BCUT2D eigenvalue weighted by atomic mass is 9.82. The zero-order valence-electron chi connectivity index (χ0n) is 32.3. The molecule has 274 valence electrons. The number of nitrogens with zero attached hydrogens (tertiary/aromatic N) is 2. The van der Waals surface area contributed by atoms with E-state index in [0.717, 1.165) is 55.8 Å². The number of benzene rings is 9. The highest BCUT2D eigenvalue weighted by molar-refractivity contribution is 6.14. The molecule has 0 amide bonds. The first-order chi connectivity index (χ1) is 28.5. The van der Waals surface area contributed by atoms with Crippen molar-refractivity contribution in [3.8, 4) is 27.9 Å². The molecule has 0 unspecified atom stereocenters. The lowest BCUT2D eigenvalue weighted by Gasteiger charge is -2.31. The van der Waals surface area contributed by atoms with Crippen LogP contribution in [0.2, 0.25) is 0 Å². The molecule has 11 aromatic rings. The highest BCUT2D eigenvalue weighted by Gasteiger charge is 2.36. The molecule has 0 bridgehead atoms. The second kappa shape index (κ2) is 12.3. The van der Waals surface area contributed by atoms with Crippen molar-refractivity contribution >= 4 is 71.6 Å². The van der Waals surface area contributed by atoms with Crippen LogP contribution < -0.4 is 4.90 Å². The largest absolute Gasteiger partial charge is 0.455 e. The molecule has 0 spiro atoms. The number of rotatable bonds is 5.